The van der Waals surface area contributed by atoms with Crippen LogP contribution in [0.5, 0.6) is 0 Å². The van der Waals surface area contributed by atoms with Gasteiger partial charge in [0.25, 0.3) is 0 Å². The van der Waals surface area contributed by atoms with E-state index in [0.717, 1.165) is 29.7 Å². The third-order valence-electron chi connectivity index (χ3n) is 2.39. The van der Waals surface area contributed by atoms with E-state index >= 15 is 0 Å². The second-order valence-electron chi connectivity index (χ2n) is 3.64. The second kappa shape index (κ2) is 6.99. The van der Waals surface area contributed by atoms with Crippen LogP contribution in [0.1, 0.15) is 12.5 Å². The van der Waals surface area contributed by atoms with Gasteiger partial charge in [0, 0.05) is 24.7 Å². The summed E-state index contributed by atoms with van der Waals surface area (Å²) in [5.41, 5.74) is 0.977. The highest BCUT2D eigenvalue weighted by atomic mass is 79.9. The molecule has 0 heterocycles. The molecule has 1 aromatic carbocycles. The van der Waals surface area contributed by atoms with Gasteiger partial charge in [-0.05, 0) is 30.3 Å². The van der Waals surface area contributed by atoms with E-state index in [0.29, 0.717) is 6.61 Å². The molecule has 0 amide bonds. The van der Waals surface area contributed by atoms with Gasteiger partial charge in [0.2, 0.25) is 0 Å². The van der Waals surface area contributed by atoms with Gasteiger partial charge in [-0.15, -0.1) is 0 Å². The molecule has 4 heteroatoms. The topological polar surface area (TPSA) is 12.5 Å². The summed E-state index contributed by atoms with van der Waals surface area (Å²) >= 11 is 3.29. The monoisotopic (exact) mass is 289 g/mol. The Morgan fingerprint density at radius 3 is 2.69 bits per heavy atom. The molecule has 0 aliphatic heterocycles. The summed E-state index contributed by atoms with van der Waals surface area (Å²) in [5, 5.41) is 0. The van der Waals surface area contributed by atoms with Crippen LogP contribution in [-0.2, 0) is 11.3 Å². The average molecular weight is 290 g/mol. The lowest BCUT2D eigenvalue weighted by molar-refractivity contribution is 0.147. The number of hydrogen-bond donors (Lipinski definition) is 0. The number of nitrogens with zero attached hydrogens (tertiary/aromatic N) is 1. The molecular weight excluding hydrogens is 273 g/mol. The maximum absolute atomic E-state index is 13.2. The summed E-state index contributed by atoms with van der Waals surface area (Å²) in [6, 6.07) is 4.98. The molecule has 0 bridgehead atoms. The Morgan fingerprint density at radius 1 is 1.38 bits per heavy atom. The smallest absolute Gasteiger partial charge is 0.124 e. The number of methoxy groups -OCH3 is 1. The standard InChI is InChI=1S/C12H17BrFNO/c1-3-15(4-5-16-2)9-10-6-11(13)8-12(14)7-10/h6-8H,3-5,9H2,1-2H3. The van der Waals surface area contributed by atoms with Gasteiger partial charge in [-0.25, -0.2) is 4.39 Å². The maximum atomic E-state index is 13.2. The van der Waals surface area contributed by atoms with Crippen LogP contribution < -0.4 is 0 Å². The largest absolute Gasteiger partial charge is 0.383 e. The van der Waals surface area contributed by atoms with Crippen molar-refractivity contribution in [1.29, 1.82) is 0 Å². The number of halogens is 2. The van der Waals surface area contributed by atoms with E-state index < -0.39 is 0 Å². The minimum Gasteiger partial charge on any atom is -0.383 e. The first-order chi connectivity index (χ1) is 7.65. The van der Waals surface area contributed by atoms with E-state index in [2.05, 4.69) is 27.8 Å². The van der Waals surface area contributed by atoms with Gasteiger partial charge >= 0.3 is 0 Å². The molecule has 1 rings (SSSR count). The van der Waals surface area contributed by atoms with E-state index in [4.69, 9.17) is 4.74 Å². The fourth-order valence-corrected chi connectivity index (χ4v) is 2.04. The molecule has 0 saturated heterocycles. The number of likely N-dealkylation sites (N-methyl/N-ethyl adjacent to an activating group) is 1. The molecule has 0 spiro atoms. The van der Waals surface area contributed by atoms with Crippen molar-refractivity contribution in [1.82, 2.24) is 4.90 Å². The van der Waals surface area contributed by atoms with Crippen LogP contribution in [-0.4, -0.2) is 31.7 Å². The van der Waals surface area contributed by atoms with E-state index in [1.807, 2.05) is 6.07 Å². The number of rotatable bonds is 6. The Kier molecular flexibility index (Phi) is 5.95. The third-order valence-corrected chi connectivity index (χ3v) is 2.85. The Balaban J connectivity index is 2.62. The van der Waals surface area contributed by atoms with Gasteiger partial charge in [-0.3, -0.25) is 4.90 Å². The summed E-state index contributed by atoms with van der Waals surface area (Å²) in [6.07, 6.45) is 0. The molecule has 0 radical (unpaired) electrons. The fraction of sp³-hybridized carbons (Fsp3) is 0.500. The Hall–Kier alpha value is -0.450. The summed E-state index contributed by atoms with van der Waals surface area (Å²) in [5.74, 6) is -0.202. The van der Waals surface area contributed by atoms with Crippen LogP contribution >= 0.6 is 15.9 Å². The number of benzene rings is 1. The summed E-state index contributed by atoms with van der Waals surface area (Å²) < 4.78 is 19.0. The molecule has 90 valence electrons. The molecule has 1 aromatic rings. The highest BCUT2D eigenvalue weighted by molar-refractivity contribution is 9.10. The molecule has 0 aromatic heterocycles. The zero-order valence-electron chi connectivity index (χ0n) is 9.67. The number of hydrogen-bond acceptors (Lipinski definition) is 2. The molecule has 16 heavy (non-hydrogen) atoms. The van der Waals surface area contributed by atoms with E-state index in [1.54, 1.807) is 13.2 Å². The van der Waals surface area contributed by atoms with E-state index in [-0.39, 0.29) is 5.82 Å². The van der Waals surface area contributed by atoms with Crippen molar-refractivity contribution in [2.24, 2.45) is 0 Å². The summed E-state index contributed by atoms with van der Waals surface area (Å²) in [7, 11) is 1.69. The van der Waals surface area contributed by atoms with Crippen molar-refractivity contribution in [2.45, 2.75) is 13.5 Å². The summed E-state index contributed by atoms with van der Waals surface area (Å²) in [4.78, 5) is 2.21. The van der Waals surface area contributed by atoms with Gasteiger partial charge in [-0.2, -0.15) is 0 Å². The van der Waals surface area contributed by atoms with Crippen molar-refractivity contribution >= 4 is 15.9 Å². The average Bonchev–Trinajstić information content (AvgIpc) is 2.22. The third kappa shape index (κ3) is 4.60. The minimum absolute atomic E-state index is 0.202. The van der Waals surface area contributed by atoms with Gasteiger partial charge in [0.1, 0.15) is 5.82 Å². The van der Waals surface area contributed by atoms with E-state index in [9.17, 15) is 4.39 Å². The molecule has 0 N–H and O–H groups in total. The molecule has 0 unspecified atom stereocenters. The first kappa shape index (κ1) is 13.6. The lowest BCUT2D eigenvalue weighted by atomic mass is 10.2. The van der Waals surface area contributed by atoms with Crippen molar-refractivity contribution in [3.63, 3.8) is 0 Å². The highest BCUT2D eigenvalue weighted by Gasteiger charge is 2.05. The Morgan fingerprint density at radius 2 is 2.12 bits per heavy atom. The first-order valence-electron chi connectivity index (χ1n) is 5.32. The molecule has 2 nitrogen and oxygen atoms in total. The second-order valence-corrected chi connectivity index (χ2v) is 4.55. The van der Waals surface area contributed by atoms with Crippen LogP contribution in [0.15, 0.2) is 22.7 Å². The van der Waals surface area contributed by atoms with Gasteiger partial charge in [-0.1, -0.05) is 22.9 Å². The van der Waals surface area contributed by atoms with Crippen LogP contribution in [0.2, 0.25) is 0 Å². The van der Waals surface area contributed by atoms with Crippen molar-refractivity contribution in [2.75, 3.05) is 26.8 Å². The van der Waals surface area contributed by atoms with Crippen LogP contribution in [0.25, 0.3) is 0 Å². The molecule has 0 aliphatic carbocycles. The highest BCUT2D eigenvalue weighted by Crippen LogP contribution is 2.16. The summed E-state index contributed by atoms with van der Waals surface area (Å²) in [6.45, 7) is 5.32. The quantitative estimate of drug-likeness (QED) is 0.798. The lowest BCUT2D eigenvalue weighted by Gasteiger charge is -2.20. The lowest BCUT2D eigenvalue weighted by Crippen LogP contribution is -2.26. The zero-order valence-corrected chi connectivity index (χ0v) is 11.3. The first-order valence-corrected chi connectivity index (χ1v) is 6.11. The molecule has 0 aliphatic rings. The normalized spacial score (nSPS) is 11.1. The molecule has 0 fully saturated rings. The van der Waals surface area contributed by atoms with Crippen molar-refractivity contribution in [3.05, 3.63) is 34.1 Å². The SMILES string of the molecule is CCN(CCOC)Cc1cc(F)cc(Br)c1. The zero-order chi connectivity index (χ0) is 12.0. The van der Waals surface area contributed by atoms with Gasteiger partial charge < -0.3 is 4.74 Å². The van der Waals surface area contributed by atoms with Crippen LogP contribution in [0, 0.1) is 5.82 Å². The molecular formula is C12H17BrFNO. The predicted molar refractivity (Wildman–Crippen MR) is 66.9 cm³/mol. The molecule has 0 atom stereocenters. The Bertz CT molecular complexity index is 313. The van der Waals surface area contributed by atoms with Crippen molar-refractivity contribution < 1.29 is 9.13 Å². The fourth-order valence-electron chi connectivity index (χ4n) is 1.53. The maximum Gasteiger partial charge on any atom is 0.124 e. The predicted octanol–water partition coefficient (Wildman–Crippen LogP) is 3.06. The van der Waals surface area contributed by atoms with E-state index in [1.165, 1.54) is 6.07 Å². The van der Waals surface area contributed by atoms with Crippen LogP contribution in [0.3, 0.4) is 0 Å². The van der Waals surface area contributed by atoms with Crippen molar-refractivity contribution in [3.8, 4) is 0 Å². The Labute approximate surface area is 105 Å². The molecule has 0 saturated carbocycles. The minimum atomic E-state index is -0.202. The number of ether oxygens (including phenoxy) is 1. The van der Waals surface area contributed by atoms with Gasteiger partial charge in [0.15, 0.2) is 0 Å². The van der Waals surface area contributed by atoms with Gasteiger partial charge in [0.05, 0.1) is 6.61 Å². The van der Waals surface area contributed by atoms with Crippen LogP contribution in [0.4, 0.5) is 4.39 Å².